The van der Waals surface area contributed by atoms with E-state index < -0.39 is 22.7 Å². The zero-order chi connectivity index (χ0) is 16.3. The van der Waals surface area contributed by atoms with Crippen LogP contribution in [-0.4, -0.2) is 32.1 Å². The molecule has 0 bridgehead atoms. The van der Waals surface area contributed by atoms with Crippen molar-refractivity contribution in [2.75, 3.05) is 5.75 Å². The number of hydrogen-bond acceptors (Lipinski definition) is 3. The van der Waals surface area contributed by atoms with Crippen LogP contribution in [0.3, 0.4) is 0 Å². The molecule has 1 fully saturated rings. The van der Waals surface area contributed by atoms with Gasteiger partial charge in [0.1, 0.15) is 0 Å². The van der Waals surface area contributed by atoms with Gasteiger partial charge in [-0.2, -0.15) is 0 Å². The Bertz CT molecular complexity index is 619. The second-order valence-electron chi connectivity index (χ2n) is 5.64. The minimum Gasteiger partial charge on any atom is -0.478 e. The van der Waals surface area contributed by atoms with E-state index >= 15 is 0 Å². The third-order valence-corrected chi connectivity index (χ3v) is 5.34. The van der Waals surface area contributed by atoms with Crippen LogP contribution in [-0.2, 0) is 17.2 Å². The molecule has 2 N–H and O–H groups in total. The Morgan fingerprint density at radius 2 is 1.91 bits per heavy atom. The van der Waals surface area contributed by atoms with E-state index in [2.05, 4.69) is 0 Å². The minimum absolute atomic E-state index is 0.0217. The van der Waals surface area contributed by atoms with E-state index in [-0.39, 0.29) is 21.8 Å². The van der Waals surface area contributed by atoms with Gasteiger partial charge in [0.25, 0.3) is 0 Å². The summed E-state index contributed by atoms with van der Waals surface area (Å²) in [5, 5.41) is 18.8. The summed E-state index contributed by atoms with van der Waals surface area (Å²) in [5.41, 5.74) is 0.368. The first-order valence-corrected chi connectivity index (χ1v) is 8.78. The molecule has 1 aromatic rings. The van der Waals surface area contributed by atoms with Crippen molar-refractivity contribution in [2.45, 2.75) is 43.9 Å². The summed E-state index contributed by atoms with van der Waals surface area (Å²) in [5.74, 6) is -1.69. The minimum atomic E-state index is -1.61. The van der Waals surface area contributed by atoms with Crippen molar-refractivity contribution in [1.29, 1.82) is 0 Å². The largest absolute Gasteiger partial charge is 0.478 e. The van der Waals surface area contributed by atoms with Gasteiger partial charge in [-0.15, -0.1) is 0 Å². The Labute approximate surface area is 131 Å². The van der Waals surface area contributed by atoms with Crippen molar-refractivity contribution in [3.8, 4) is 0 Å². The summed E-state index contributed by atoms with van der Waals surface area (Å²) in [6.07, 6.45) is 4.22. The van der Waals surface area contributed by atoms with Crippen molar-refractivity contribution in [3.63, 3.8) is 0 Å². The topological polar surface area (TPSA) is 91.7 Å². The van der Waals surface area contributed by atoms with Gasteiger partial charge < -0.3 is 10.2 Å². The maximum atomic E-state index is 12.5. The predicted octanol–water partition coefficient (Wildman–Crippen LogP) is 2.94. The molecule has 0 radical (unpaired) electrons. The van der Waals surface area contributed by atoms with Crippen LogP contribution in [0.1, 0.15) is 58.9 Å². The number of carboxylic acids is 2. The second kappa shape index (κ2) is 7.05. The molecular formula is C16H20O5S. The van der Waals surface area contributed by atoms with Gasteiger partial charge in [0.05, 0.1) is 26.8 Å². The number of benzene rings is 1. The van der Waals surface area contributed by atoms with E-state index in [0.29, 0.717) is 24.3 Å². The van der Waals surface area contributed by atoms with Gasteiger partial charge in [-0.05, 0) is 43.2 Å². The van der Waals surface area contributed by atoms with Crippen LogP contribution >= 0.6 is 0 Å². The van der Waals surface area contributed by atoms with Crippen LogP contribution in [0.15, 0.2) is 17.0 Å². The van der Waals surface area contributed by atoms with E-state index in [1.807, 2.05) is 6.92 Å². The summed E-state index contributed by atoms with van der Waals surface area (Å²) < 4.78 is 12.5. The number of rotatable bonds is 8. The van der Waals surface area contributed by atoms with Crippen LogP contribution in [0.2, 0.25) is 0 Å². The maximum absolute atomic E-state index is 12.5. The smallest absolute Gasteiger partial charge is 0.337 e. The van der Waals surface area contributed by atoms with Crippen molar-refractivity contribution < 1.29 is 24.0 Å². The third kappa shape index (κ3) is 3.74. The molecule has 22 heavy (non-hydrogen) atoms. The highest BCUT2D eigenvalue weighted by Gasteiger charge is 2.29. The normalized spacial score (nSPS) is 15.5. The number of unbranched alkanes of at least 4 members (excludes halogenated alkanes) is 1. The number of carboxylic acid groups (broad SMARTS) is 2. The lowest BCUT2D eigenvalue weighted by molar-refractivity contribution is 0.0689. The first-order valence-electron chi connectivity index (χ1n) is 7.46. The van der Waals surface area contributed by atoms with Crippen LogP contribution in [0.4, 0.5) is 0 Å². The van der Waals surface area contributed by atoms with Gasteiger partial charge in [0.15, 0.2) is 0 Å². The van der Waals surface area contributed by atoms with E-state index in [4.69, 9.17) is 0 Å². The monoisotopic (exact) mass is 324 g/mol. The molecule has 0 heterocycles. The van der Waals surface area contributed by atoms with E-state index in [9.17, 15) is 24.0 Å². The average molecular weight is 324 g/mol. The molecule has 120 valence electrons. The molecule has 1 aromatic carbocycles. The summed E-state index contributed by atoms with van der Waals surface area (Å²) in [7, 11) is -1.61. The Morgan fingerprint density at radius 3 is 2.41 bits per heavy atom. The molecular weight excluding hydrogens is 304 g/mol. The number of carbonyl (C=O) groups is 2. The van der Waals surface area contributed by atoms with E-state index in [1.165, 1.54) is 6.07 Å². The maximum Gasteiger partial charge on any atom is 0.337 e. The highest BCUT2D eigenvalue weighted by atomic mass is 32.2. The first kappa shape index (κ1) is 16.7. The Balaban J connectivity index is 2.53. The van der Waals surface area contributed by atoms with Crippen molar-refractivity contribution in [2.24, 2.45) is 5.92 Å². The lowest BCUT2D eigenvalue weighted by Gasteiger charge is -2.14. The quantitative estimate of drug-likeness (QED) is 0.767. The zero-order valence-electron chi connectivity index (χ0n) is 12.5. The molecule has 0 aliphatic heterocycles. The van der Waals surface area contributed by atoms with Gasteiger partial charge in [-0.3, -0.25) is 4.21 Å². The van der Waals surface area contributed by atoms with Crippen molar-refractivity contribution in [1.82, 2.24) is 0 Å². The number of aromatic carboxylic acids is 2. The summed E-state index contributed by atoms with van der Waals surface area (Å²) in [6.45, 7) is 1.94. The summed E-state index contributed by atoms with van der Waals surface area (Å²) >= 11 is 0. The van der Waals surface area contributed by atoms with E-state index in [0.717, 1.165) is 19.3 Å². The molecule has 2 rings (SSSR count). The van der Waals surface area contributed by atoms with Gasteiger partial charge >= 0.3 is 11.9 Å². The lowest BCUT2D eigenvalue weighted by atomic mass is 9.99. The fourth-order valence-electron chi connectivity index (χ4n) is 2.44. The molecule has 5 nitrogen and oxygen atoms in total. The highest BCUT2D eigenvalue weighted by molar-refractivity contribution is 7.85. The molecule has 0 amide bonds. The SMILES string of the molecule is CCCCS(=O)c1c(C(=O)O)ccc(CC2CC2)c1C(=O)O. The molecule has 1 atom stereocenters. The van der Waals surface area contributed by atoms with Gasteiger partial charge in [0, 0.05) is 5.75 Å². The fourth-order valence-corrected chi connectivity index (χ4v) is 4.05. The van der Waals surface area contributed by atoms with Crippen LogP contribution in [0.5, 0.6) is 0 Å². The third-order valence-electron chi connectivity index (χ3n) is 3.80. The highest BCUT2D eigenvalue weighted by Crippen LogP contribution is 2.35. The first-order chi connectivity index (χ1) is 10.5. The fraction of sp³-hybridized carbons (Fsp3) is 0.500. The summed E-state index contributed by atoms with van der Waals surface area (Å²) in [4.78, 5) is 23.0. The second-order valence-corrected chi connectivity index (χ2v) is 7.14. The Kier molecular flexibility index (Phi) is 5.34. The van der Waals surface area contributed by atoms with Crippen molar-refractivity contribution in [3.05, 3.63) is 28.8 Å². The van der Waals surface area contributed by atoms with E-state index in [1.54, 1.807) is 6.07 Å². The average Bonchev–Trinajstić information content (AvgIpc) is 3.27. The van der Waals surface area contributed by atoms with Gasteiger partial charge in [-0.1, -0.05) is 19.4 Å². The van der Waals surface area contributed by atoms with Gasteiger partial charge in [0.2, 0.25) is 0 Å². The molecule has 1 aliphatic carbocycles. The molecule has 0 spiro atoms. The van der Waals surface area contributed by atoms with Gasteiger partial charge in [-0.25, -0.2) is 9.59 Å². The molecule has 1 saturated carbocycles. The number of hydrogen-bond donors (Lipinski definition) is 2. The van der Waals surface area contributed by atoms with Crippen LogP contribution in [0.25, 0.3) is 0 Å². The Morgan fingerprint density at radius 1 is 1.23 bits per heavy atom. The standard InChI is InChI=1S/C16H20O5S/c1-2-3-8-22(21)14-12(15(17)18)7-6-11(9-10-4-5-10)13(14)16(19)20/h6-7,10H,2-5,8-9H2,1H3,(H,17,18)(H,19,20). The van der Waals surface area contributed by atoms with Crippen LogP contribution in [0, 0.1) is 5.92 Å². The zero-order valence-corrected chi connectivity index (χ0v) is 13.3. The molecule has 0 saturated heterocycles. The van der Waals surface area contributed by atoms with Crippen molar-refractivity contribution >= 4 is 22.7 Å². The lowest BCUT2D eigenvalue weighted by Crippen LogP contribution is -2.16. The molecule has 6 heteroatoms. The molecule has 1 unspecified atom stereocenters. The van der Waals surface area contributed by atoms with Crippen LogP contribution < -0.4 is 0 Å². The Hall–Kier alpha value is -1.69. The molecule has 1 aliphatic rings. The molecule has 0 aromatic heterocycles. The predicted molar refractivity (Wildman–Crippen MR) is 83.0 cm³/mol. The summed E-state index contributed by atoms with van der Waals surface area (Å²) in [6, 6.07) is 2.96.